The summed E-state index contributed by atoms with van der Waals surface area (Å²) in [6.07, 6.45) is 1.78. The molecule has 0 radical (unpaired) electrons. The summed E-state index contributed by atoms with van der Waals surface area (Å²) in [7, 11) is 0. The Morgan fingerprint density at radius 1 is 1.21 bits per heavy atom. The zero-order valence-electron chi connectivity index (χ0n) is 17.0. The highest BCUT2D eigenvalue weighted by Gasteiger charge is 2.32. The second kappa shape index (κ2) is 7.91. The largest absolute Gasteiger partial charge is 0.454 e. The van der Waals surface area contributed by atoms with Gasteiger partial charge in [-0.05, 0) is 59.1 Å². The van der Waals surface area contributed by atoms with Crippen LogP contribution < -0.4 is 5.32 Å². The summed E-state index contributed by atoms with van der Waals surface area (Å²) in [6.45, 7) is 10.0. The molecule has 1 amide bonds. The number of esters is 1. The van der Waals surface area contributed by atoms with Crippen LogP contribution in [-0.2, 0) is 16.1 Å². The maximum absolute atomic E-state index is 12.7. The zero-order chi connectivity index (χ0) is 20.6. The number of Topliss-reactive ketones (excluding diaryl/α,β-unsaturated/α-hetero) is 1. The Bertz CT molecular complexity index is 950. The lowest BCUT2D eigenvalue weighted by Gasteiger charge is -2.08. The third-order valence-corrected chi connectivity index (χ3v) is 6.42. The van der Waals surface area contributed by atoms with Gasteiger partial charge < -0.3 is 14.6 Å². The molecule has 7 heteroatoms. The van der Waals surface area contributed by atoms with Gasteiger partial charge in [-0.3, -0.25) is 9.59 Å². The van der Waals surface area contributed by atoms with Gasteiger partial charge in [0.15, 0.2) is 6.61 Å². The van der Waals surface area contributed by atoms with Gasteiger partial charge in [-0.15, -0.1) is 11.3 Å². The van der Waals surface area contributed by atoms with Crippen LogP contribution in [0.25, 0.3) is 0 Å². The van der Waals surface area contributed by atoms with Crippen LogP contribution in [0.2, 0.25) is 0 Å². The summed E-state index contributed by atoms with van der Waals surface area (Å²) in [5.41, 5.74) is 3.58. The number of carbonyl (C=O) groups is 3. The first-order chi connectivity index (χ1) is 13.2. The number of anilines is 1. The van der Waals surface area contributed by atoms with Crippen LogP contribution in [0.1, 0.15) is 62.3 Å². The van der Waals surface area contributed by atoms with Crippen LogP contribution in [0.5, 0.6) is 0 Å². The number of hydrogen-bond acceptors (Lipinski definition) is 5. The van der Waals surface area contributed by atoms with Crippen molar-refractivity contribution in [2.45, 2.75) is 54.0 Å². The van der Waals surface area contributed by atoms with Gasteiger partial charge in [0.1, 0.15) is 5.00 Å². The molecule has 150 valence electrons. The van der Waals surface area contributed by atoms with Crippen molar-refractivity contribution >= 4 is 34.0 Å². The maximum Gasteiger partial charge on any atom is 0.341 e. The lowest BCUT2D eigenvalue weighted by atomic mass is 10.1. The van der Waals surface area contributed by atoms with Gasteiger partial charge in [0.25, 0.3) is 0 Å². The van der Waals surface area contributed by atoms with E-state index in [1.165, 1.54) is 11.3 Å². The maximum atomic E-state index is 12.7. The van der Waals surface area contributed by atoms with Gasteiger partial charge >= 0.3 is 5.97 Å². The van der Waals surface area contributed by atoms with Gasteiger partial charge in [0, 0.05) is 34.3 Å². The molecule has 1 aliphatic carbocycles. The molecule has 1 N–H and O–H groups in total. The first-order valence-corrected chi connectivity index (χ1v) is 10.3. The summed E-state index contributed by atoms with van der Waals surface area (Å²) < 4.78 is 7.38. The lowest BCUT2D eigenvalue weighted by Crippen LogP contribution is -2.18. The summed E-state index contributed by atoms with van der Waals surface area (Å²) in [6, 6.07) is 1.83. The van der Waals surface area contributed by atoms with Gasteiger partial charge in [0.2, 0.25) is 11.7 Å². The Balaban J connectivity index is 1.73. The van der Waals surface area contributed by atoms with Crippen molar-refractivity contribution in [3.8, 4) is 0 Å². The summed E-state index contributed by atoms with van der Waals surface area (Å²) >= 11 is 1.36. The molecule has 1 aliphatic rings. The molecule has 0 atom stereocenters. The van der Waals surface area contributed by atoms with Crippen LogP contribution in [0, 0.1) is 33.6 Å². The van der Waals surface area contributed by atoms with E-state index in [0.717, 1.165) is 41.2 Å². The Kier molecular flexibility index (Phi) is 5.74. The number of nitrogens with one attached hydrogen (secondary N) is 1. The lowest BCUT2D eigenvalue weighted by molar-refractivity contribution is -0.117. The highest BCUT2D eigenvalue weighted by molar-refractivity contribution is 7.16. The molecular formula is C21H26N2O4S. The third-order valence-electron chi connectivity index (χ3n) is 5.30. The molecule has 0 aliphatic heterocycles. The van der Waals surface area contributed by atoms with Crippen molar-refractivity contribution in [2.75, 3.05) is 11.9 Å². The van der Waals surface area contributed by atoms with Gasteiger partial charge in [0.05, 0.1) is 5.56 Å². The van der Waals surface area contributed by atoms with E-state index in [4.69, 9.17) is 4.74 Å². The fourth-order valence-electron chi connectivity index (χ4n) is 3.37. The molecule has 28 heavy (non-hydrogen) atoms. The summed E-state index contributed by atoms with van der Waals surface area (Å²) in [5.74, 6) is -0.819. The molecule has 0 aromatic carbocycles. The second-order valence-electron chi connectivity index (χ2n) is 7.28. The number of carbonyl (C=O) groups excluding carboxylic acids is 3. The second-order valence-corrected chi connectivity index (χ2v) is 8.50. The van der Waals surface area contributed by atoms with Gasteiger partial charge in [-0.2, -0.15) is 0 Å². The molecule has 0 saturated heterocycles. The van der Waals surface area contributed by atoms with Crippen LogP contribution in [0.3, 0.4) is 0 Å². The van der Waals surface area contributed by atoms with Gasteiger partial charge in [-0.1, -0.05) is 0 Å². The van der Waals surface area contributed by atoms with E-state index >= 15 is 0 Å². The average molecular weight is 403 g/mol. The number of ether oxygens (including phenoxy) is 1. The van der Waals surface area contributed by atoms with Crippen molar-refractivity contribution in [1.82, 2.24) is 4.57 Å². The standard InChI is InChI=1S/C21H26N2O4S/c1-6-23-11(2)9-16(13(23)4)17(24)10-27-21(26)18-12(3)14(5)28-20(18)22-19(25)15-7-8-15/h9,15H,6-8,10H2,1-5H3,(H,22,25). The Morgan fingerprint density at radius 3 is 2.46 bits per heavy atom. The molecule has 2 aromatic rings. The van der Waals surface area contributed by atoms with E-state index in [1.807, 2.05) is 45.3 Å². The summed E-state index contributed by atoms with van der Waals surface area (Å²) in [4.78, 5) is 38.3. The molecule has 3 rings (SSSR count). The van der Waals surface area contributed by atoms with Crippen LogP contribution in [0.4, 0.5) is 5.00 Å². The van der Waals surface area contributed by atoms with E-state index in [9.17, 15) is 14.4 Å². The number of aryl methyl sites for hydroxylation is 2. The number of ketones is 1. The molecule has 0 spiro atoms. The Morgan fingerprint density at radius 2 is 1.89 bits per heavy atom. The number of thiophene rings is 1. The van der Waals surface area contributed by atoms with Crippen molar-refractivity contribution in [3.05, 3.63) is 39.0 Å². The molecule has 1 fully saturated rings. The molecular weight excluding hydrogens is 376 g/mol. The van der Waals surface area contributed by atoms with E-state index in [-0.39, 0.29) is 24.2 Å². The predicted octanol–water partition coefficient (Wildman–Crippen LogP) is 4.19. The Hall–Kier alpha value is -2.41. The zero-order valence-corrected chi connectivity index (χ0v) is 17.8. The minimum Gasteiger partial charge on any atom is -0.454 e. The van der Waals surface area contributed by atoms with E-state index < -0.39 is 5.97 Å². The van der Waals surface area contributed by atoms with E-state index in [2.05, 4.69) is 5.32 Å². The number of rotatable bonds is 7. The predicted molar refractivity (Wildman–Crippen MR) is 109 cm³/mol. The van der Waals surface area contributed by atoms with Crippen molar-refractivity contribution < 1.29 is 19.1 Å². The normalized spacial score (nSPS) is 13.5. The quantitative estimate of drug-likeness (QED) is 0.556. The number of amides is 1. The van der Waals surface area contributed by atoms with Crippen molar-refractivity contribution in [3.63, 3.8) is 0 Å². The number of nitrogens with zero attached hydrogens (tertiary/aromatic N) is 1. The minimum absolute atomic E-state index is 0.0435. The average Bonchev–Trinajstić information content (AvgIpc) is 3.40. The number of aromatic nitrogens is 1. The smallest absolute Gasteiger partial charge is 0.341 e. The van der Waals surface area contributed by atoms with Crippen LogP contribution in [0.15, 0.2) is 6.07 Å². The van der Waals surface area contributed by atoms with Crippen molar-refractivity contribution in [2.24, 2.45) is 5.92 Å². The molecule has 2 aromatic heterocycles. The SMILES string of the molecule is CCn1c(C)cc(C(=O)COC(=O)c2c(NC(=O)C3CC3)sc(C)c2C)c1C. The first kappa shape index (κ1) is 20.3. The minimum atomic E-state index is -0.578. The van der Waals surface area contributed by atoms with Gasteiger partial charge in [-0.25, -0.2) is 4.79 Å². The molecule has 1 saturated carbocycles. The fraction of sp³-hybridized carbons (Fsp3) is 0.476. The van der Waals surface area contributed by atoms with Crippen LogP contribution in [-0.4, -0.2) is 28.8 Å². The number of hydrogen-bond donors (Lipinski definition) is 1. The molecule has 0 unspecified atom stereocenters. The Labute approximate surface area is 168 Å². The summed E-state index contributed by atoms with van der Waals surface area (Å²) in [5, 5.41) is 3.36. The molecule has 2 heterocycles. The van der Waals surface area contributed by atoms with Crippen molar-refractivity contribution in [1.29, 1.82) is 0 Å². The fourth-order valence-corrected chi connectivity index (χ4v) is 4.42. The molecule has 6 nitrogen and oxygen atoms in total. The first-order valence-electron chi connectivity index (χ1n) is 9.52. The monoisotopic (exact) mass is 402 g/mol. The van der Waals surface area contributed by atoms with Crippen LogP contribution >= 0.6 is 11.3 Å². The topological polar surface area (TPSA) is 77.4 Å². The molecule has 0 bridgehead atoms. The van der Waals surface area contributed by atoms with E-state index in [0.29, 0.717) is 16.1 Å². The highest BCUT2D eigenvalue weighted by atomic mass is 32.1. The third kappa shape index (κ3) is 3.90. The van der Waals surface area contributed by atoms with E-state index in [1.54, 1.807) is 0 Å². The highest BCUT2D eigenvalue weighted by Crippen LogP contribution is 2.36.